The Balaban J connectivity index is 1.66. The quantitative estimate of drug-likeness (QED) is 0.522. The Kier molecular flexibility index (Phi) is 4.34. The van der Waals surface area contributed by atoms with Crippen LogP contribution in [0.25, 0.3) is 0 Å². The van der Waals surface area contributed by atoms with E-state index < -0.39 is 34.0 Å². The number of rotatable bonds is 3. The molecule has 0 aromatic heterocycles. The maximum atomic E-state index is 12.3. The number of hydrogen-bond acceptors (Lipinski definition) is 6. The Morgan fingerprint density at radius 2 is 1.88 bits per heavy atom. The van der Waals surface area contributed by atoms with E-state index in [4.69, 9.17) is 14.2 Å². The molecular formula is C26H29NO5. The zero-order chi connectivity index (χ0) is 22.9. The van der Waals surface area contributed by atoms with E-state index in [1.165, 1.54) is 25.0 Å². The molecule has 0 saturated heterocycles. The summed E-state index contributed by atoms with van der Waals surface area (Å²) in [5.41, 5.74) is -1.06. The normalized spacial score (nSPS) is 40.5. The maximum absolute atomic E-state index is 12.3. The average molecular weight is 436 g/mol. The van der Waals surface area contributed by atoms with Gasteiger partial charge in [0.15, 0.2) is 5.60 Å². The Bertz CT molecular complexity index is 1090. The van der Waals surface area contributed by atoms with Gasteiger partial charge in [0.2, 0.25) is 5.60 Å². The van der Waals surface area contributed by atoms with Crippen molar-refractivity contribution in [1.82, 2.24) is 0 Å². The van der Waals surface area contributed by atoms with Crippen molar-refractivity contribution < 1.29 is 23.8 Å². The number of carbonyl (C=O) groups is 2. The number of nitriles is 1. The maximum Gasteiger partial charge on any atom is 0.304 e. The first-order valence-electron chi connectivity index (χ1n) is 11.4. The second kappa shape index (κ2) is 6.60. The van der Waals surface area contributed by atoms with Gasteiger partial charge in [-0.3, -0.25) is 9.59 Å². The number of fused-ring (bicyclic) bond motifs is 3. The van der Waals surface area contributed by atoms with E-state index in [0.717, 1.165) is 31.4 Å². The molecule has 2 bridgehead atoms. The van der Waals surface area contributed by atoms with E-state index in [1.807, 2.05) is 12.1 Å². The fourth-order valence-electron chi connectivity index (χ4n) is 7.83. The molecule has 4 aliphatic carbocycles. The van der Waals surface area contributed by atoms with Crippen LogP contribution in [0.1, 0.15) is 63.5 Å². The molecule has 2 fully saturated rings. The van der Waals surface area contributed by atoms with Crippen molar-refractivity contribution in [2.45, 2.75) is 70.0 Å². The summed E-state index contributed by atoms with van der Waals surface area (Å²) in [5.74, 6) is 0.468. The van der Waals surface area contributed by atoms with Crippen molar-refractivity contribution in [3.8, 4) is 11.8 Å². The molecule has 2 saturated carbocycles. The lowest BCUT2D eigenvalue weighted by molar-refractivity contribution is -0.200. The van der Waals surface area contributed by atoms with Gasteiger partial charge in [0.05, 0.1) is 7.11 Å². The van der Waals surface area contributed by atoms with Crippen LogP contribution in [0.2, 0.25) is 0 Å². The summed E-state index contributed by atoms with van der Waals surface area (Å²) >= 11 is 0. The third-order valence-corrected chi connectivity index (χ3v) is 8.98. The molecular weight excluding hydrogens is 406 g/mol. The van der Waals surface area contributed by atoms with Crippen molar-refractivity contribution in [2.75, 3.05) is 7.11 Å². The standard InChI is InChI=1S/C26H29NO5/c1-16(28)31-25(15-27)14-24-11-12-26(25,32-17(2)29)23(24,3)10-9-21-20-7-6-19(30-4)13-18(20)5-8-22(21)24/h6-7,11-13,21-22H,5,8-10,14H2,1-4H3/t21-,22-,23+,24+,25-,26?/m1/s1. The van der Waals surface area contributed by atoms with E-state index in [2.05, 4.69) is 31.2 Å². The van der Waals surface area contributed by atoms with E-state index in [1.54, 1.807) is 7.11 Å². The Morgan fingerprint density at radius 1 is 1.12 bits per heavy atom. The first-order chi connectivity index (χ1) is 15.2. The SMILES string of the molecule is COc1ccc2c(c1)CC[C@@H]1[C@@H]2CC[C@]2(C)C3(OC(C)=O)C=C[C@]12C[C@]3(C#N)OC(C)=O. The Hall–Kier alpha value is -2.81. The number of allylic oxidation sites excluding steroid dienone is 1. The fourth-order valence-corrected chi connectivity index (χ4v) is 7.83. The lowest BCUT2D eigenvalue weighted by Gasteiger charge is -2.56. The predicted octanol–water partition coefficient (Wildman–Crippen LogP) is 4.23. The molecule has 0 amide bonds. The number of carbonyl (C=O) groups excluding carboxylic acids is 2. The number of esters is 2. The Morgan fingerprint density at radius 3 is 2.53 bits per heavy atom. The molecule has 0 radical (unpaired) electrons. The summed E-state index contributed by atoms with van der Waals surface area (Å²) in [6, 6.07) is 8.64. The highest BCUT2D eigenvalue weighted by molar-refractivity contribution is 5.71. The van der Waals surface area contributed by atoms with Crippen LogP contribution in [0.4, 0.5) is 0 Å². The van der Waals surface area contributed by atoms with E-state index in [0.29, 0.717) is 12.3 Å². The third-order valence-electron chi connectivity index (χ3n) is 8.98. The second-order valence-electron chi connectivity index (χ2n) is 10.1. The number of benzene rings is 1. The minimum Gasteiger partial charge on any atom is -0.497 e. The molecule has 0 aliphatic heterocycles. The van der Waals surface area contributed by atoms with Gasteiger partial charge < -0.3 is 14.2 Å². The molecule has 5 rings (SSSR count). The van der Waals surface area contributed by atoms with Crippen LogP contribution in [0.3, 0.4) is 0 Å². The van der Waals surface area contributed by atoms with Crippen molar-refractivity contribution in [3.05, 3.63) is 41.5 Å². The van der Waals surface area contributed by atoms with Crippen LogP contribution in [-0.4, -0.2) is 30.3 Å². The number of aryl methyl sites for hydroxylation is 1. The van der Waals surface area contributed by atoms with E-state index in [-0.39, 0.29) is 5.92 Å². The van der Waals surface area contributed by atoms with Crippen LogP contribution in [0, 0.1) is 28.1 Å². The summed E-state index contributed by atoms with van der Waals surface area (Å²) in [5, 5.41) is 10.4. The topological polar surface area (TPSA) is 85.6 Å². The van der Waals surface area contributed by atoms with E-state index >= 15 is 0 Å². The van der Waals surface area contributed by atoms with Gasteiger partial charge in [0.1, 0.15) is 11.8 Å². The molecule has 4 aliphatic rings. The number of hydrogen-bond donors (Lipinski definition) is 0. The monoisotopic (exact) mass is 435 g/mol. The highest BCUT2D eigenvalue weighted by atomic mass is 16.6. The molecule has 1 unspecified atom stereocenters. The average Bonchev–Trinajstić information content (AvgIpc) is 3.10. The van der Waals surface area contributed by atoms with Gasteiger partial charge in [-0.05, 0) is 66.9 Å². The van der Waals surface area contributed by atoms with Crippen molar-refractivity contribution in [1.29, 1.82) is 5.26 Å². The molecule has 0 spiro atoms. The smallest absolute Gasteiger partial charge is 0.304 e. The zero-order valence-electron chi connectivity index (χ0n) is 19.1. The Labute approximate surface area is 188 Å². The largest absolute Gasteiger partial charge is 0.497 e. The minimum absolute atomic E-state index is 0.265. The van der Waals surface area contributed by atoms with Crippen molar-refractivity contribution in [3.63, 3.8) is 0 Å². The molecule has 6 atom stereocenters. The number of methoxy groups -OCH3 is 1. The molecule has 168 valence electrons. The van der Waals surface area contributed by atoms with Gasteiger partial charge in [-0.2, -0.15) is 5.26 Å². The van der Waals surface area contributed by atoms with Gasteiger partial charge >= 0.3 is 11.9 Å². The molecule has 1 aromatic carbocycles. The minimum atomic E-state index is -1.52. The van der Waals surface area contributed by atoms with Crippen LogP contribution < -0.4 is 4.74 Å². The van der Waals surface area contributed by atoms with Crippen molar-refractivity contribution >= 4 is 11.9 Å². The summed E-state index contributed by atoms with van der Waals surface area (Å²) in [4.78, 5) is 24.4. The molecule has 32 heavy (non-hydrogen) atoms. The third kappa shape index (κ3) is 2.29. The lowest BCUT2D eigenvalue weighted by Crippen LogP contribution is -2.60. The first kappa shape index (κ1) is 21.1. The van der Waals surface area contributed by atoms with Gasteiger partial charge in [0.25, 0.3) is 0 Å². The molecule has 0 heterocycles. The van der Waals surface area contributed by atoms with Gasteiger partial charge in [-0.1, -0.05) is 19.1 Å². The van der Waals surface area contributed by atoms with Crippen LogP contribution in [0.15, 0.2) is 30.4 Å². The first-order valence-corrected chi connectivity index (χ1v) is 11.4. The van der Waals surface area contributed by atoms with Crippen LogP contribution >= 0.6 is 0 Å². The van der Waals surface area contributed by atoms with E-state index in [9.17, 15) is 14.9 Å². The van der Waals surface area contributed by atoms with Crippen LogP contribution in [0.5, 0.6) is 5.75 Å². The summed E-state index contributed by atoms with van der Waals surface area (Å²) in [6.45, 7) is 4.79. The number of nitrogens with zero attached hydrogens (tertiary/aromatic N) is 1. The molecule has 0 N–H and O–H groups in total. The molecule has 6 heteroatoms. The summed E-state index contributed by atoms with van der Waals surface area (Å²) in [7, 11) is 1.69. The van der Waals surface area contributed by atoms with Crippen LogP contribution in [-0.2, 0) is 25.5 Å². The van der Waals surface area contributed by atoms with Gasteiger partial charge in [0, 0.05) is 31.1 Å². The molecule has 1 aromatic rings. The summed E-state index contributed by atoms with van der Waals surface area (Å²) in [6.07, 6.45) is 7.98. The second-order valence-corrected chi connectivity index (χ2v) is 10.1. The summed E-state index contributed by atoms with van der Waals surface area (Å²) < 4.78 is 17.2. The highest BCUT2D eigenvalue weighted by Crippen LogP contribution is 2.78. The van der Waals surface area contributed by atoms with Crippen molar-refractivity contribution in [2.24, 2.45) is 16.7 Å². The highest BCUT2D eigenvalue weighted by Gasteiger charge is 2.84. The fraction of sp³-hybridized carbons (Fsp3) is 0.577. The van der Waals surface area contributed by atoms with Gasteiger partial charge in [-0.25, -0.2) is 0 Å². The zero-order valence-corrected chi connectivity index (χ0v) is 19.1. The van der Waals surface area contributed by atoms with Gasteiger partial charge in [-0.15, -0.1) is 0 Å². The lowest BCUT2D eigenvalue weighted by atomic mass is 9.48. The molecule has 6 nitrogen and oxygen atoms in total. The number of ether oxygens (including phenoxy) is 3. The predicted molar refractivity (Wildman–Crippen MR) is 116 cm³/mol.